The van der Waals surface area contributed by atoms with Crippen LogP contribution in [0.3, 0.4) is 0 Å². The number of rotatable bonds is 9. The van der Waals surface area contributed by atoms with Crippen LogP contribution in [-0.2, 0) is 4.79 Å². The molecular formula is C10H21NO2S. The second-order valence-corrected chi connectivity index (χ2v) is 4.29. The molecule has 84 valence electrons. The maximum atomic E-state index is 11.2. The summed E-state index contributed by atoms with van der Waals surface area (Å²) in [5.41, 5.74) is 0. The van der Waals surface area contributed by atoms with Gasteiger partial charge in [-0.3, -0.25) is 4.79 Å². The molecule has 14 heavy (non-hydrogen) atoms. The molecule has 4 heteroatoms. The molecule has 1 amide bonds. The van der Waals surface area contributed by atoms with Crippen LogP contribution in [0, 0.1) is 0 Å². The Kier molecular flexibility index (Phi) is 10.7. The molecule has 0 aromatic heterocycles. The molecule has 2 N–H and O–H groups in total. The van der Waals surface area contributed by atoms with Gasteiger partial charge in [-0.1, -0.05) is 13.3 Å². The van der Waals surface area contributed by atoms with Gasteiger partial charge in [0.05, 0.1) is 5.75 Å². The van der Waals surface area contributed by atoms with Gasteiger partial charge in [0, 0.05) is 13.2 Å². The van der Waals surface area contributed by atoms with Crippen LogP contribution < -0.4 is 5.32 Å². The normalized spacial score (nSPS) is 10.1. The third kappa shape index (κ3) is 9.86. The van der Waals surface area contributed by atoms with E-state index in [-0.39, 0.29) is 12.5 Å². The maximum absolute atomic E-state index is 11.2. The van der Waals surface area contributed by atoms with Gasteiger partial charge >= 0.3 is 0 Å². The molecule has 0 rings (SSSR count). The predicted octanol–water partition coefficient (Wildman–Crippen LogP) is 1.41. The van der Waals surface area contributed by atoms with Crippen LogP contribution in [0.25, 0.3) is 0 Å². The van der Waals surface area contributed by atoms with Crippen molar-refractivity contribution in [2.45, 2.75) is 32.6 Å². The Labute approximate surface area is 90.7 Å². The second-order valence-electron chi connectivity index (χ2n) is 3.19. The van der Waals surface area contributed by atoms with Crippen molar-refractivity contribution in [3.05, 3.63) is 0 Å². The first-order valence-electron chi connectivity index (χ1n) is 5.26. The first-order chi connectivity index (χ1) is 6.81. The molecule has 0 aliphatic carbocycles. The zero-order valence-electron chi connectivity index (χ0n) is 8.92. The van der Waals surface area contributed by atoms with Crippen LogP contribution >= 0.6 is 11.8 Å². The van der Waals surface area contributed by atoms with Gasteiger partial charge in [-0.05, 0) is 25.0 Å². The Hall–Kier alpha value is -0.220. The average molecular weight is 219 g/mol. The van der Waals surface area contributed by atoms with E-state index in [0.29, 0.717) is 12.3 Å². The summed E-state index contributed by atoms with van der Waals surface area (Å²) < 4.78 is 0. The summed E-state index contributed by atoms with van der Waals surface area (Å²) in [7, 11) is 0. The Morgan fingerprint density at radius 3 is 2.79 bits per heavy atom. The third-order valence-electron chi connectivity index (χ3n) is 1.78. The van der Waals surface area contributed by atoms with Gasteiger partial charge < -0.3 is 10.4 Å². The van der Waals surface area contributed by atoms with Gasteiger partial charge in [0.1, 0.15) is 0 Å². The fourth-order valence-electron chi connectivity index (χ4n) is 0.927. The number of carbonyl (C=O) groups excluding carboxylic acids is 1. The van der Waals surface area contributed by atoms with Crippen LogP contribution in [0.4, 0.5) is 0 Å². The molecule has 0 fully saturated rings. The minimum Gasteiger partial charge on any atom is -0.396 e. The van der Waals surface area contributed by atoms with E-state index < -0.39 is 0 Å². The summed E-state index contributed by atoms with van der Waals surface area (Å²) in [5, 5.41) is 11.3. The van der Waals surface area contributed by atoms with Crippen LogP contribution in [0.5, 0.6) is 0 Å². The number of nitrogens with one attached hydrogen (secondary N) is 1. The molecule has 0 bridgehead atoms. The van der Waals surface area contributed by atoms with Crippen molar-refractivity contribution >= 4 is 17.7 Å². The monoisotopic (exact) mass is 219 g/mol. The molecule has 0 aromatic carbocycles. The topological polar surface area (TPSA) is 49.3 Å². The molecule has 0 aromatic rings. The molecule has 0 atom stereocenters. The highest BCUT2D eigenvalue weighted by atomic mass is 32.2. The average Bonchev–Trinajstić information content (AvgIpc) is 2.19. The van der Waals surface area contributed by atoms with E-state index in [4.69, 9.17) is 5.11 Å². The molecule has 0 aliphatic heterocycles. The van der Waals surface area contributed by atoms with E-state index >= 15 is 0 Å². The van der Waals surface area contributed by atoms with Crippen LogP contribution in [0.2, 0.25) is 0 Å². The summed E-state index contributed by atoms with van der Waals surface area (Å²) >= 11 is 1.69. The Balaban J connectivity index is 3.11. The van der Waals surface area contributed by atoms with E-state index in [2.05, 4.69) is 12.2 Å². The summed E-state index contributed by atoms with van der Waals surface area (Å²) in [6.07, 6.45) is 4.00. The number of carbonyl (C=O) groups is 1. The number of hydrogen-bond acceptors (Lipinski definition) is 3. The van der Waals surface area contributed by atoms with Gasteiger partial charge in [-0.15, -0.1) is 0 Å². The van der Waals surface area contributed by atoms with E-state index in [1.165, 1.54) is 12.8 Å². The van der Waals surface area contributed by atoms with Gasteiger partial charge in [0.15, 0.2) is 0 Å². The SMILES string of the molecule is CCCCSCC(=O)NCCCCO. The van der Waals surface area contributed by atoms with Crippen molar-refractivity contribution in [2.75, 3.05) is 24.7 Å². The lowest BCUT2D eigenvalue weighted by Crippen LogP contribution is -2.26. The van der Waals surface area contributed by atoms with Gasteiger partial charge in [-0.2, -0.15) is 11.8 Å². The highest BCUT2D eigenvalue weighted by Gasteiger charge is 1.99. The van der Waals surface area contributed by atoms with Gasteiger partial charge in [0.2, 0.25) is 5.91 Å². The van der Waals surface area contributed by atoms with Crippen LogP contribution in [-0.4, -0.2) is 35.7 Å². The quantitative estimate of drug-likeness (QED) is 0.576. The largest absolute Gasteiger partial charge is 0.396 e. The zero-order valence-corrected chi connectivity index (χ0v) is 9.74. The van der Waals surface area contributed by atoms with Gasteiger partial charge in [-0.25, -0.2) is 0 Å². The van der Waals surface area contributed by atoms with Crippen molar-refractivity contribution in [3.63, 3.8) is 0 Å². The molecule has 0 saturated carbocycles. The first-order valence-corrected chi connectivity index (χ1v) is 6.42. The second kappa shape index (κ2) is 10.9. The van der Waals surface area contributed by atoms with E-state index in [1.54, 1.807) is 11.8 Å². The molecule has 0 radical (unpaired) electrons. The van der Waals surface area contributed by atoms with E-state index in [1.807, 2.05) is 0 Å². The number of amides is 1. The predicted molar refractivity (Wildman–Crippen MR) is 61.6 cm³/mol. The van der Waals surface area contributed by atoms with E-state index in [9.17, 15) is 4.79 Å². The fraction of sp³-hybridized carbons (Fsp3) is 0.900. The summed E-state index contributed by atoms with van der Waals surface area (Å²) in [6, 6.07) is 0. The van der Waals surface area contributed by atoms with E-state index in [0.717, 1.165) is 18.6 Å². The smallest absolute Gasteiger partial charge is 0.229 e. The van der Waals surface area contributed by atoms with Crippen molar-refractivity contribution < 1.29 is 9.90 Å². The lowest BCUT2D eigenvalue weighted by atomic mass is 10.3. The molecule has 0 spiro atoms. The number of hydrogen-bond donors (Lipinski definition) is 2. The molecule has 3 nitrogen and oxygen atoms in total. The number of thioether (sulfide) groups is 1. The van der Waals surface area contributed by atoms with Crippen molar-refractivity contribution in [1.82, 2.24) is 5.32 Å². The number of unbranched alkanes of at least 4 members (excludes halogenated alkanes) is 2. The van der Waals surface area contributed by atoms with Gasteiger partial charge in [0.25, 0.3) is 0 Å². The number of aliphatic hydroxyl groups is 1. The summed E-state index contributed by atoms with van der Waals surface area (Å²) in [6.45, 7) is 3.05. The standard InChI is InChI=1S/C10H21NO2S/c1-2-3-8-14-9-10(13)11-6-4-5-7-12/h12H,2-9H2,1H3,(H,11,13). The highest BCUT2D eigenvalue weighted by Crippen LogP contribution is 2.03. The molecule has 0 heterocycles. The lowest BCUT2D eigenvalue weighted by Gasteiger charge is -2.03. The Bertz CT molecular complexity index is 128. The maximum Gasteiger partial charge on any atom is 0.229 e. The number of aliphatic hydroxyl groups excluding tert-OH is 1. The minimum absolute atomic E-state index is 0.115. The van der Waals surface area contributed by atoms with Crippen LogP contribution in [0.1, 0.15) is 32.6 Å². The molecule has 0 saturated heterocycles. The van der Waals surface area contributed by atoms with Crippen molar-refractivity contribution in [1.29, 1.82) is 0 Å². The lowest BCUT2D eigenvalue weighted by molar-refractivity contribution is -0.118. The van der Waals surface area contributed by atoms with Crippen molar-refractivity contribution in [3.8, 4) is 0 Å². The Morgan fingerprint density at radius 1 is 1.36 bits per heavy atom. The first kappa shape index (κ1) is 13.8. The molecular weight excluding hydrogens is 198 g/mol. The zero-order chi connectivity index (χ0) is 10.6. The highest BCUT2D eigenvalue weighted by molar-refractivity contribution is 7.99. The van der Waals surface area contributed by atoms with Crippen molar-refractivity contribution in [2.24, 2.45) is 0 Å². The minimum atomic E-state index is 0.115. The molecule has 0 aliphatic rings. The summed E-state index contributed by atoms with van der Waals surface area (Å²) in [5.74, 6) is 1.75. The fourth-order valence-corrected chi connectivity index (χ4v) is 1.85. The third-order valence-corrected chi connectivity index (χ3v) is 2.83. The summed E-state index contributed by atoms with van der Waals surface area (Å²) in [4.78, 5) is 11.2. The Morgan fingerprint density at radius 2 is 2.14 bits per heavy atom. The molecule has 0 unspecified atom stereocenters. The van der Waals surface area contributed by atoms with Crippen LogP contribution in [0.15, 0.2) is 0 Å².